The van der Waals surface area contributed by atoms with E-state index in [0.29, 0.717) is 6.42 Å². The molecule has 0 bridgehead atoms. The molecule has 1 fully saturated rings. The fraction of sp³-hybridized carbons (Fsp3) is 0.846. The lowest BCUT2D eigenvalue weighted by molar-refractivity contribution is -0.135. The summed E-state index contributed by atoms with van der Waals surface area (Å²) in [7, 11) is 0. The summed E-state index contributed by atoms with van der Waals surface area (Å²) in [5.41, 5.74) is -0.462. The van der Waals surface area contributed by atoms with E-state index in [1.807, 2.05) is 13.8 Å². The van der Waals surface area contributed by atoms with E-state index in [2.05, 4.69) is 25.7 Å². The fourth-order valence-corrected chi connectivity index (χ4v) is 1.99. The van der Waals surface area contributed by atoms with Crippen molar-refractivity contribution in [2.24, 2.45) is 0 Å². The number of rotatable bonds is 1. The Morgan fingerprint density at radius 1 is 1.33 bits per heavy atom. The lowest BCUT2D eigenvalue weighted by Crippen LogP contribution is -2.42. The zero-order valence-corrected chi connectivity index (χ0v) is 10.3. The van der Waals surface area contributed by atoms with Gasteiger partial charge in [0, 0.05) is 0 Å². The first-order valence-electron chi connectivity index (χ1n) is 5.78. The van der Waals surface area contributed by atoms with Crippen LogP contribution in [0.25, 0.3) is 0 Å². The van der Waals surface area contributed by atoms with Crippen LogP contribution in [0.2, 0.25) is 0 Å². The van der Waals surface area contributed by atoms with E-state index >= 15 is 0 Å². The third-order valence-corrected chi connectivity index (χ3v) is 2.82. The summed E-state index contributed by atoms with van der Waals surface area (Å²) >= 11 is 0. The highest BCUT2D eigenvalue weighted by atomic mass is 16.5. The minimum atomic E-state index is -0.518. The van der Waals surface area contributed by atoms with Crippen LogP contribution in [0.5, 0.6) is 0 Å². The first kappa shape index (κ1) is 12.5. The molecule has 0 spiro atoms. The van der Waals surface area contributed by atoms with E-state index < -0.39 is 6.10 Å². The summed E-state index contributed by atoms with van der Waals surface area (Å²) < 4.78 is 5.97. The van der Waals surface area contributed by atoms with E-state index in [1.165, 1.54) is 0 Å². The second-order valence-corrected chi connectivity index (χ2v) is 5.14. The number of aliphatic hydroxyl groups excluding tert-OH is 1. The average Bonchev–Trinajstić information content (AvgIpc) is 2.12. The largest absolute Gasteiger partial charge is 0.380 e. The van der Waals surface area contributed by atoms with Gasteiger partial charge < -0.3 is 9.84 Å². The van der Waals surface area contributed by atoms with Gasteiger partial charge in [0.1, 0.15) is 11.7 Å². The number of hydrogen-bond donors (Lipinski definition) is 1. The molecule has 0 radical (unpaired) electrons. The summed E-state index contributed by atoms with van der Waals surface area (Å²) in [5.74, 6) is 5.94. The van der Waals surface area contributed by atoms with Crippen molar-refractivity contribution in [2.45, 2.75) is 70.7 Å². The maximum atomic E-state index is 9.40. The minimum absolute atomic E-state index is 0.0845. The van der Waals surface area contributed by atoms with Crippen LogP contribution in [-0.2, 0) is 4.74 Å². The highest BCUT2D eigenvalue weighted by Gasteiger charge is 2.35. The maximum Gasteiger partial charge on any atom is 0.126 e. The third-order valence-electron chi connectivity index (χ3n) is 2.82. The van der Waals surface area contributed by atoms with Gasteiger partial charge in [-0.2, -0.15) is 0 Å². The SMILES string of the molecule is CCC(O)C#CC1(C)CCCC(C)(C)O1. The number of ether oxygens (including phenoxy) is 1. The van der Waals surface area contributed by atoms with E-state index in [0.717, 1.165) is 19.3 Å². The predicted molar refractivity (Wildman–Crippen MR) is 61.5 cm³/mol. The third kappa shape index (κ3) is 3.85. The average molecular weight is 210 g/mol. The molecule has 0 aromatic heterocycles. The summed E-state index contributed by atoms with van der Waals surface area (Å²) in [6, 6.07) is 0. The van der Waals surface area contributed by atoms with Gasteiger partial charge in [-0.25, -0.2) is 0 Å². The molecule has 2 nitrogen and oxygen atoms in total. The molecule has 2 unspecified atom stereocenters. The van der Waals surface area contributed by atoms with Gasteiger partial charge in [0.2, 0.25) is 0 Å². The van der Waals surface area contributed by atoms with Gasteiger partial charge in [-0.15, -0.1) is 0 Å². The van der Waals surface area contributed by atoms with Crippen molar-refractivity contribution in [3.8, 4) is 11.8 Å². The summed E-state index contributed by atoms with van der Waals surface area (Å²) in [6.07, 6.45) is 3.34. The predicted octanol–water partition coefficient (Wildman–Crippen LogP) is 2.50. The van der Waals surface area contributed by atoms with Crippen molar-refractivity contribution >= 4 is 0 Å². The Hall–Kier alpha value is -0.520. The molecule has 1 aliphatic heterocycles. The maximum absolute atomic E-state index is 9.40. The van der Waals surface area contributed by atoms with Gasteiger partial charge in [-0.1, -0.05) is 18.8 Å². The quantitative estimate of drug-likeness (QED) is 0.674. The van der Waals surface area contributed by atoms with Crippen LogP contribution in [0.1, 0.15) is 53.4 Å². The van der Waals surface area contributed by atoms with E-state index in [1.54, 1.807) is 0 Å². The topological polar surface area (TPSA) is 29.5 Å². The number of aliphatic hydroxyl groups is 1. The Morgan fingerprint density at radius 3 is 2.53 bits per heavy atom. The molecule has 0 aromatic rings. The first-order chi connectivity index (χ1) is 6.87. The molecule has 1 saturated heterocycles. The van der Waals surface area contributed by atoms with Crippen LogP contribution in [0.3, 0.4) is 0 Å². The lowest BCUT2D eigenvalue weighted by Gasteiger charge is -2.40. The van der Waals surface area contributed by atoms with E-state index in [4.69, 9.17) is 4.74 Å². The molecule has 2 atom stereocenters. The van der Waals surface area contributed by atoms with Gasteiger partial charge in [-0.05, 0) is 46.5 Å². The van der Waals surface area contributed by atoms with Gasteiger partial charge >= 0.3 is 0 Å². The summed E-state index contributed by atoms with van der Waals surface area (Å²) in [6.45, 7) is 8.14. The van der Waals surface area contributed by atoms with Crippen molar-refractivity contribution < 1.29 is 9.84 Å². The second kappa shape index (κ2) is 4.55. The zero-order chi connectivity index (χ0) is 11.5. The Morgan fingerprint density at radius 2 is 2.00 bits per heavy atom. The van der Waals surface area contributed by atoms with Crippen LogP contribution in [-0.4, -0.2) is 22.4 Å². The highest BCUT2D eigenvalue weighted by molar-refractivity contribution is 5.17. The monoisotopic (exact) mass is 210 g/mol. The van der Waals surface area contributed by atoms with Gasteiger partial charge in [0.05, 0.1) is 5.60 Å². The van der Waals surface area contributed by atoms with Crippen LogP contribution in [0.15, 0.2) is 0 Å². The molecule has 1 rings (SSSR count). The van der Waals surface area contributed by atoms with Gasteiger partial charge in [-0.3, -0.25) is 0 Å². The first-order valence-corrected chi connectivity index (χ1v) is 5.78. The standard InChI is InChI=1S/C13H22O2/c1-5-11(14)7-10-13(4)9-6-8-12(2,3)15-13/h11,14H,5-6,8-9H2,1-4H3. The molecular formula is C13H22O2. The molecule has 1 aliphatic rings. The molecule has 0 aliphatic carbocycles. The fourth-order valence-electron chi connectivity index (χ4n) is 1.99. The molecule has 0 aromatic carbocycles. The van der Waals surface area contributed by atoms with Gasteiger partial charge in [0.15, 0.2) is 0 Å². The lowest BCUT2D eigenvalue weighted by atomic mass is 9.88. The van der Waals surface area contributed by atoms with Crippen molar-refractivity contribution in [2.75, 3.05) is 0 Å². The smallest absolute Gasteiger partial charge is 0.126 e. The molecular weight excluding hydrogens is 188 g/mol. The molecule has 1 N–H and O–H groups in total. The number of hydrogen-bond acceptors (Lipinski definition) is 2. The highest BCUT2D eigenvalue weighted by Crippen LogP contribution is 2.34. The molecule has 86 valence electrons. The molecule has 2 heteroatoms. The van der Waals surface area contributed by atoms with Crippen LogP contribution >= 0.6 is 0 Å². The van der Waals surface area contributed by atoms with Crippen LogP contribution in [0, 0.1) is 11.8 Å². The molecule has 0 amide bonds. The van der Waals surface area contributed by atoms with Crippen LogP contribution in [0.4, 0.5) is 0 Å². The molecule has 1 heterocycles. The zero-order valence-electron chi connectivity index (χ0n) is 10.3. The Bertz CT molecular complexity index is 272. The second-order valence-electron chi connectivity index (χ2n) is 5.14. The van der Waals surface area contributed by atoms with Crippen molar-refractivity contribution in [1.82, 2.24) is 0 Å². The minimum Gasteiger partial charge on any atom is -0.380 e. The Balaban J connectivity index is 2.68. The Kier molecular flexibility index (Phi) is 3.81. The molecule has 15 heavy (non-hydrogen) atoms. The molecule has 0 saturated carbocycles. The summed E-state index contributed by atoms with van der Waals surface area (Å²) in [4.78, 5) is 0. The van der Waals surface area contributed by atoms with Crippen molar-refractivity contribution in [3.05, 3.63) is 0 Å². The Labute approximate surface area is 93.0 Å². The van der Waals surface area contributed by atoms with E-state index in [9.17, 15) is 5.11 Å². The van der Waals surface area contributed by atoms with Crippen LogP contribution < -0.4 is 0 Å². The summed E-state index contributed by atoms with van der Waals surface area (Å²) in [5, 5.41) is 9.40. The van der Waals surface area contributed by atoms with E-state index in [-0.39, 0.29) is 11.2 Å². The normalized spacial score (nSPS) is 31.5. The van der Waals surface area contributed by atoms with Crippen molar-refractivity contribution in [1.29, 1.82) is 0 Å². The van der Waals surface area contributed by atoms with Gasteiger partial charge in [0.25, 0.3) is 0 Å². The van der Waals surface area contributed by atoms with Crippen molar-refractivity contribution in [3.63, 3.8) is 0 Å².